The van der Waals surface area contributed by atoms with Crippen LogP contribution in [-0.4, -0.2) is 28.4 Å². The van der Waals surface area contributed by atoms with Gasteiger partial charge in [-0.1, -0.05) is 43.7 Å². The smallest absolute Gasteiger partial charge is 0.227 e. The van der Waals surface area contributed by atoms with E-state index in [-0.39, 0.29) is 5.91 Å². The molecule has 1 aliphatic carbocycles. The molecule has 1 saturated heterocycles. The highest BCUT2D eigenvalue weighted by Crippen LogP contribution is 2.36. The number of para-hydroxylation sites is 1. The summed E-state index contributed by atoms with van der Waals surface area (Å²) >= 11 is 0. The third-order valence-corrected chi connectivity index (χ3v) is 5.63. The van der Waals surface area contributed by atoms with Crippen molar-refractivity contribution in [2.24, 2.45) is 11.8 Å². The van der Waals surface area contributed by atoms with Gasteiger partial charge in [0, 0.05) is 29.7 Å². The molecule has 3 atom stereocenters. The van der Waals surface area contributed by atoms with E-state index in [9.17, 15) is 4.79 Å². The minimum atomic E-state index is 0.284. The number of rotatable bonds is 3. The SMILES string of the molecule is CCC1CC2C=CCC1N(C(=O)Cc1c[nH]c3ccccc13)C2. The number of amides is 1. The normalized spacial score (nSPS) is 26.7. The number of carbonyl (C=O) groups excluding carboxylic acids is 1. The summed E-state index contributed by atoms with van der Waals surface area (Å²) < 4.78 is 0. The fraction of sp³-hybridized carbons (Fsp3) is 0.450. The fourth-order valence-electron chi connectivity index (χ4n) is 4.40. The Labute approximate surface area is 137 Å². The van der Waals surface area contributed by atoms with E-state index >= 15 is 0 Å². The molecule has 5 rings (SSSR count). The minimum absolute atomic E-state index is 0.284. The van der Waals surface area contributed by atoms with Crippen molar-refractivity contribution in [2.75, 3.05) is 6.54 Å². The van der Waals surface area contributed by atoms with Crippen molar-refractivity contribution in [3.8, 4) is 0 Å². The monoisotopic (exact) mass is 308 g/mol. The lowest BCUT2D eigenvalue weighted by molar-refractivity contribution is -0.136. The highest BCUT2D eigenvalue weighted by Gasteiger charge is 2.37. The lowest BCUT2D eigenvalue weighted by Gasteiger charge is -2.42. The lowest BCUT2D eigenvalue weighted by Crippen LogP contribution is -2.50. The molecule has 3 heterocycles. The van der Waals surface area contributed by atoms with Gasteiger partial charge in [-0.05, 0) is 36.3 Å². The minimum Gasteiger partial charge on any atom is -0.361 e. The number of carbonyl (C=O) groups is 1. The average molecular weight is 308 g/mol. The van der Waals surface area contributed by atoms with Gasteiger partial charge in [0.1, 0.15) is 0 Å². The number of hydrogen-bond donors (Lipinski definition) is 1. The van der Waals surface area contributed by atoms with Crippen molar-refractivity contribution >= 4 is 16.8 Å². The van der Waals surface area contributed by atoms with Gasteiger partial charge in [-0.3, -0.25) is 4.79 Å². The van der Waals surface area contributed by atoms with Gasteiger partial charge in [-0.25, -0.2) is 0 Å². The van der Waals surface area contributed by atoms with Gasteiger partial charge in [0.05, 0.1) is 6.42 Å². The lowest BCUT2D eigenvalue weighted by atomic mass is 9.82. The van der Waals surface area contributed by atoms with Crippen LogP contribution in [0.1, 0.15) is 31.7 Å². The third kappa shape index (κ3) is 2.58. The van der Waals surface area contributed by atoms with Gasteiger partial charge in [-0.2, -0.15) is 0 Å². The Morgan fingerprint density at radius 3 is 3.09 bits per heavy atom. The maximum absolute atomic E-state index is 13.0. The molecule has 1 aromatic carbocycles. The second-order valence-electron chi connectivity index (χ2n) is 6.98. The third-order valence-electron chi connectivity index (χ3n) is 5.63. The van der Waals surface area contributed by atoms with Crippen molar-refractivity contribution in [3.63, 3.8) is 0 Å². The Kier molecular flexibility index (Phi) is 3.72. The van der Waals surface area contributed by atoms with Crippen LogP contribution in [0.15, 0.2) is 42.6 Å². The van der Waals surface area contributed by atoms with E-state index in [0.29, 0.717) is 24.3 Å². The van der Waals surface area contributed by atoms with E-state index in [1.807, 2.05) is 18.3 Å². The van der Waals surface area contributed by atoms with E-state index in [4.69, 9.17) is 0 Å². The van der Waals surface area contributed by atoms with Crippen LogP contribution in [0.25, 0.3) is 10.9 Å². The van der Waals surface area contributed by atoms with Gasteiger partial charge in [0.15, 0.2) is 0 Å². The molecule has 1 aromatic heterocycles. The molecule has 0 spiro atoms. The van der Waals surface area contributed by atoms with Crippen LogP contribution >= 0.6 is 0 Å². The molecule has 120 valence electrons. The Morgan fingerprint density at radius 1 is 1.35 bits per heavy atom. The molecule has 0 radical (unpaired) electrons. The second kappa shape index (κ2) is 5.88. The summed E-state index contributed by atoms with van der Waals surface area (Å²) in [4.78, 5) is 18.4. The number of H-pyrrole nitrogens is 1. The van der Waals surface area contributed by atoms with Gasteiger partial charge in [0.25, 0.3) is 0 Å². The van der Waals surface area contributed by atoms with Crippen LogP contribution in [0.2, 0.25) is 0 Å². The Balaban J connectivity index is 1.57. The van der Waals surface area contributed by atoms with Crippen LogP contribution in [0.5, 0.6) is 0 Å². The first-order chi connectivity index (χ1) is 11.3. The summed E-state index contributed by atoms with van der Waals surface area (Å²) in [6.07, 6.45) is 10.6. The van der Waals surface area contributed by atoms with Gasteiger partial charge >= 0.3 is 0 Å². The number of nitrogens with one attached hydrogen (secondary N) is 1. The summed E-state index contributed by atoms with van der Waals surface area (Å²) in [5, 5.41) is 1.17. The highest BCUT2D eigenvalue weighted by molar-refractivity contribution is 5.89. The summed E-state index contributed by atoms with van der Waals surface area (Å²) in [6, 6.07) is 8.62. The van der Waals surface area contributed by atoms with Crippen LogP contribution in [0, 0.1) is 11.8 Å². The zero-order valence-corrected chi connectivity index (χ0v) is 13.7. The maximum atomic E-state index is 13.0. The number of fused-ring (bicyclic) bond motifs is 4. The number of hydrogen-bond acceptors (Lipinski definition) is 1. The molecular weight excluding hydrogens is 284 g/mol. The quantitative estimate of drug-likeness (QED) is 0.857. The highest BCUT2D eigenvalue weighted by atomic mass is 16.2. The average Bonchev–Trinajstić information content (AvgIpc) is 2.75. The molecule has 3 nitrogen and oxygen atoms in total. The van der Waals surface area contributed by atoms with E-state index in [2.05, 4.69) is 41.1 Å². The molecule has 3 heteroatoms. The fourth-order valence-corrected chi connectivity index (χ4v) is 4.40. The number of nitrogens with zero attached hydrogens (tertiary/aromatic N) is 1. The summed E-state index contributed by atoms with van der Waals surface area (Å²) in [7, 11) is 0. The van der Waals surface area contributed by atoms with Crippen molar-refractivity contribution in [1.82, 2.24) is 9.88 Å². The van der Waals surface area contributed by atoms with Crippen molar-refractivity contribution in [2.45, 2.75) is 38.6 Å². The molecule has 1 amide bonds. The standard InChI is InChI=1S/C20H24N2O/c1-2-15-10-14-6-5-9-19(15)22(13-14)20(23)11-16-12-21-18-8-4-3-7-17(16)18/h3-8,12,14-15,19,21H,2,9-11,13H2,1H3. The predicted molar refractivity (Wildman–Crippen MR) is 93.1 cm³/mol. The van der Waals surface area contributed by atoms with Crippen molar-refractivity contribution < 1.29 is 4.79 Å². The molecule has 2 bridgehead atoms. The molecule has 2 aliphatic heterocycles. The van der Waals surface area contributed by atoms with Gasteiger partial charge in [0.2, 0.25) is 5.91 Å². The van der Waals surface area contributed by atoms with Crippen LogP contribution in [-0.2, 0) is 11.2 Å². The first-order valence-electron chi connectivity index (χ1n) is 8.77. The topological polar surface area (TPSA) is 36.1 Å². The van der Waals surface area contributed by atoms with E-state index in [0.717, 1.165) is 24.0 Å². The molecule has 2 aromatic rings. The number of aromatic amines is 1. The van der Waals surface area contributed by atoms with E-state index in [1.54, 1.807) is 0 Å². The summed E-state index contributed by atoms with van der Waals surface area (Å²) in [5.41, 5.74) is 2.23. The predicted octanol–water partition coefficient (Wildman–Crippen LogP) is 3.91. The van der Waals surface area contributed by atoms with Crippen LogP contribution in [0.4, 0.5) is 0 Å². The number of aromatic nitrogens is 1. The largest absolute Gasteiger partial charge is 0.361 e. The molecule has 23 heavy (non-hydrogen) atoms. The molecular formula is C20H24N2O. The number of benzene rings is 1. The zero-order chi connectivity index (χ0) is 15.8. The first kappa shape index (κ1) is 14.6. The molecule has 1 fully saturated rings. The second-order valence-corrected chi connectivity index (χ2v) is 6.98. The van der Waals surface area contributed by atoms with Crippen molar-refractivity contribution in [1.29, 1.82) is 0 Å². The molecule has 3 aliphatic rings. The van der Waals surface area contributed by atoms with Crippen LogP contribution < -0.4 is 0 Å². The van der Waals surface area contributed by atoms with E-state index < -0.39 is 0 Å². The van der Waals surface area contributed by atoms with Gasteiger partial charge in [-0.15, -0.1) is 0 Å². The van der Waals surface area contributed by atoms with Crippen molar-refractivity contribution in [3.05, 3.63) is 48.2 Å². The van der Waals surface area contributed by atoms with Crippen LogP contribution in [0.3, 0.4) is 0 Å². The number of piperidine rings is 1. The Hall–Kier alpha value is -2.03. The Bertz CT molecular complexity index is 745. The molecule has 3 unspecified atom stereocenters. The summed E-state index contributed by atoms with van der Waals surface area (Å²) in [5.74, 6) is 1.48. The molecule has 1 N–H and O–H groups in total. The van der Waals surface area contributed by atoms with Gasteiger partial charge < -0.3 is 9.88 Å². The van der Waals surface area contributed by atoms with E-state index in [1.165, 1.54) is 18.2 Å². The Morgan fingerprint density at radius 2 is 2.22 bits per heavy atom. The maximum Gasteiger partial charge on any atom is 0.227 e. The zero-order valence-electron chi connectivity index (χ0n) is 13.7. The molecule has 0 saturated carbocycles. The first-order valence-corrected chi connectivity index (χ1v) is 8.77. The summed E-state index contributed by atoms with van der Waals surface area (Å²) in [6.45, 7) is 3.16.